The zero-order valence-electron chi connectivity index (χ0n) is 8.80. The number of hydrogen-bond donors (Lipinski definition) is 2. The number of halogens is 1. The maximum atomic E-state index is 11.3. The Balaban J connectivity index is 2.19. The van der Waals surface area contributed by atoms with Gasteiger partial charge in [-0.3, -0.25) is 4.79 Å². The Morgan fingerprint density at radius 3 is 2.73 bits per heavy atom. The minimum Gasteiger partial charge on any atom is -0.388 e. The molecule has 1 amide bonds. The predicted octanol–water partition coefficient (Wildman–Crippen LogP) is 0.663. The predicted molar refractivity (Wildman–Crippen MR) is 58.0 cm³/mol. The van der Waals surface area contributed by atoms with Crippen LogP contribution in [0.1, 0.15) is 25.7 Å². The summed E-state index contributed by atoms with van der Waals surface area (Å²) < 4.78 is 5.15. The third-order valence-corrected chi connectivity index (χ3v) is 2.84. The summed E-state index contributed by atoms with van der Waals surface area (Å²) in [5, 5.41) is 12.7. The molecule has 0 radical (unpaired) electrons. The van der Waals surface area contributed by atoms with E-state index in [2.05, 4.69) is 5.32 Å². The van der Waals surface area contributed by atoms with Crippen LogP contribution in [0.5, 0.6) is 0 Å². The van der Waals surface area contributed by atoms with Gasteiger partial charge in [-0.2, -0.15) is 0 Å². The van der Waals surface area contributed by atoms with Crippen molar-refractivity contribution >= 4 is 17.5 Å². The van der Waals surface area contributed by atoms with Gasteiger partial charge in [-0.15, -0.1) is 11.6 Å². The normalized spacial score (nSPS) is 19.9. The quantitative estimate of drug-likeness (QED) is 0.689. The van der Waals surface area contributed by atoms with Crippen LogP contribution in [0.15, 0.2) is 0 Å². The van der Waals surface area contributed by atoms with E-state index in [1.807, 2.05) is 0 Å². The van der Waals surface area contributed by atoms with E-state index in [0.29, 0.717) is 51.3 Å². The van der Waals surface area contributed by atoms with E-state index in [9.17, 15) is 9.90 Å². The Labute approximate surface area is 94.9 Å². The van der Waals surface area contributed by atoms with Crippen LogP contribution < -0.4 is 5.32 Å². The van der Waals surface area contributed by atoms with Crippen molar-refractivity contribution in [2.75, 3.05) is 25.6 Å². The molecular weight excluding hydrogens is 218 g/mol. The number of rotatable bonds is 5. The van der Waals surface area contributed by atoms with Crippen LogP contribution in [0.25, 0.3) is 0 Å². The summed E-state index contributed by atoms with van der Waals surface area (Å²) in [6.07, 6.45) is 2.27. The third kappa shape index (κ3) is 4.82. The maximum Gasteiger partial charge on any atom is 0.220 e. The Hall–Kier alpha value is -0.320. The van der Waals surface area contributed by atoms with Crippen molar-refractivity contribution in [2.24, 2.45) is 0 Å². The first kappa shape index (κ1) is 12.7. The Morgan fingerprint density at radius 1 is 1.47 bits per heavy atom. The van der Waals surface area contributed by atoms with Crippen LogP contribution in [0, 0.1) is 0 Å². The van der Waals surface area contributed by atoms with E-state index in [-0.39, 0.29) is 5.91 Å². The molecule has 0 aromatic carbocycles. The number of carbonyl (C=O) groups excluding carboxylic acids is 1. The van der Waals surface area contributed by atoms with Gasteiger partial charge in [0.15, 0.2) is 0 Å². The fourth-order valence-electron chi connectivity index (χ4n) is 1.51. The van der Waals surface area contributed by atoms with Gasteiger partial charge in [0.25, 0.3) is 0 Å². The molecule has 1 rings (SSSR count). The highest BCUT2D eigenvalue weighted by Gasteiger charge is 2.29. The first-order valence-corrected chi connectivity index (χ1v) is 5.82. The molecule has 0 aliphatic carbocycles. The number of aliphatic hydroxyl groups is 1. The molecule has 0 saturated carbocycles. The number of hydrogen-bond acceptors (Lipinski definition) is 3. The van der Waals surface area contributed by atoms with Crippen LogP contribution >= 0.6 is 11.6 Å². The van der Waals surface area contributed by atoms with Crippen LogP contribution in [-0.2, 0) is 9.53 Å². The van der Waals surface area contributed by atoms with Crippen LogP contribution in [0.2, 0.25) is 0 Å². The lowest BCUT2D eigenvalue weighted by Gasteiger charge is -2.32. The van der Waals surface area contributed by atoms with Gasteiger partial charge in [0.1, 0.15) is 0 Å². The first-order chi connectivity index (χ1) is 7.16. The molecule has 1 aliphatic heterocycles. The number of ether oxygens (including phenoxy) is 1. The number of amides is 1. The largest absolute Gasteiger partial charge is 0.388 e. The van der Waals surface area contributed by atoms with Gasteiger partial charge < -0.3 is 15.2 Å². The molecule has 1 fully saturated rings. The first-order valence-electron chi connectivity index (χ1n) is 5.29. The average Bonchev–Trinajstić information content (AvgIpc) is 2.25. The van der Waals surface area contributed by atoms with Crippen molar-refractivity contribution in [1.29, 1.82) is 0 Å². The fraction of sp³-hybridized carbons (Fsp3) is 0.900. The molecule has 4 nitrogen and oxygen atoms in total. The second-order valence-corrected chi connectivity index (χ2v) is 4.28. The Morgan fingerprint density at radius 2 is 2.13 bits per heavy atom. The number of carbonyl (C=O) groups is 1. The molecule has 1 heterocycles. The van der Waals surface area contributed by atoms with Crippen molar-refractivity contribution in [3.8, 4) is 0 Å². The van der Waals surface area contributed by atoms with E-state index in [1.54, 1.807) is 0 Å². The molecule has 1 saturated heterocycles. The topological polar surface area (TPSA) is 58.6 Å². The molecule has 0 bridgehead atoms. The lowest BCUT2D eigenvalue weighted by Crippen LogP contribution is -2.46. The fourth-order valence-corrected chi connectivity index (χ4v) is 1.64. The lowest BCUT2D eigenvalue weighted by atomic mass is 9.94. The average molecular weight is 236 g/mol. The third-order valence-electron chi connectivity index (χ3n) is 2.58. The highest BCUT2D eigenvalue weighted by molar-refractivity contribution is 6.17. The summed E-state index contributed by atoms with van der Waals surface area (Å²) >= 11 is 5.48. The van der Waals surface area contributed by atoms with E-state index in [0.717, 1.165) is 0 Å². The summed E-state index contributed by atoms with van der Waals surface area (Å²) in [6.45, 7) is 1.44. The molecule has 15 heavy (non-hydrogen) atoms. The zero-order chi connectivity index (χ0) is 11.1. The van der Waals surface area contributed by atoms with Gasteiger partial charge in [-0.05, 0) is 6.42 Å². The van der Waals surface area contributed by atoms with Crippen molar-refractivity contribution in [3.05, 3.63) is 0 Å². The van der Waals surface area contributed by atoms with Gasteiger partial charge >= 0.3 is 0 Å². The number of alkyl halides is 1. The highest BCUT2D eigenvalue weighted by atomic mass is 35.5. The minimum absolute atomic E-state index is 0.0458. The van der Waals surface area contributed by atoms with Gasteiger partial charge in [-0.25, -0.2) is 0 Å². The van der Waals surface area contributed by atoms with Crippen LogP contribution in [-0.4, -0.2) is 42.3 Å². The summed E-state index contributed by atoms with van der Waals surface area (Å²) in [6, 6.07) is 0. The smallest absolute Gasteiger partial charge is 0.220 e. The Bertz CT molecular complexity index is 205. The van der Waals surface area contributed by atoms with E-state index in [1.165, 1.54) is 0 Å². The second kappa shape index (κ2) is 6.30. The van der Waals surface area contributed by atoms with Crippen molar-refractivity contribution in [1.82, 2.24) is 5.32 Å². The molecule has 5 heteroatoms. The SMILES string of the molecule is O=C(CCCCl)NCC1(O)CCOCC1. The molecule has 0 aromatic heterocycles. The lowest BCUT2D eigenvalue weighted by molar-refractivity contribution is -0.123. The highest BCUT2D eigenvalue weighted by Crippen LogP contribution is 2.19. The molecule has 0 aromatic rings. The van der Waals surface area contributed by atoms with Gasteiger partial charge in [0.2, 0.25) is 5.91 Å². The van der Waals surface area contributed by atoms with E-state index < -0.39 is 5.60 Å². The Kier molecular flexibility index (Phi) is 5.36. The molecule has 0 unspecified atom stereocenters. The van der Waals surface area contributed by atoms with Crippen molar-refractivity contribution in [2.45, 2.75) is 31.3 Å². The van der Waals surface area contributed by atoms with E-state index in [4.69, 9.17) is 16.3 Å². The second-order valence-electron chi connectivity index (χ2n) is 3.91. The summed E-state index contributed by atoms with van der Waals surface area (Å²) in [5.74, 6) is 0.446. The van der Waals surface area contributed by atoms with Gasteiger partial charge in [0.05, 0.1) is 5.60 Å². The van der Waals surface area contributed by atoms with E-state index >= 15 is 0 Å². The zero-order valence-corrected chi connectivity index (χ0v) is 9.55. The summed E-state index contributed by atoms with van der Waals surface area (Å²) in [5.41, 5.74) is -0.783. The molecule has 0 spiro atoms. The summed E-state index contributed by atoms with van der Waals surface area (Å²) in [4.78, 5) is 11.3. The monoisotopic (exact) mass is 235 g/mol. The maximum absolute atomic E-state index is 11.3. The standard InChI is InChI=1S/C10H18ClNO3/c11-5-1-2-9(13)12-8-10(14)3-6-15-7-4-10/h14H,1-8H2,(H,12,13). The molecule has 1 aliphatic rings. The molecular formula is C10H18ClNO3. The van der Waals surface area contributed by atoms with Crippen LogP contribution in [0.3, 0.4) is 0 Å². The molecule has 88 valence electrons. The minimum atomic E-state index is -0.783. The molecule has 2 N–H and O–H groups in total. The van der Waals surface area contributed by atoms with Gasteiger partial charge in [-0.1, -0.05) is 0 Å². The molecule has 0 atom stereocenters. The van der Waals surface area contributed by atoms with Crippen molar-refractivity contribution in [3.63, 3.8) is 0 Å². The van der Waals surface area contributed by atoms with Crippen LogP contribution in [0.4, 0.5) is 0 Å². The number of nitrogens with one attached hydrogen (secondary N) is 1. The van der Waals surface area contributed by atoms with Crippen molar-refractivity contribution < 1.29 is 14.6 Å². The van der Waals surface area contributed by atoms with Gasteiger partial charge in [0, 0.05) is 44.9 Å². The summed E-state index contributed by atoms with van der Waals surface area (Å²) in [7, 11) is 0.